The molecule has 0 aromatic heterocycles. The van der Waals surface area contributed by atoms with Crippen LogP contribution in [-0.2, 0) is 9.47 Å². The van der Waals surface area contributed by atoms with Crippen molar-refractivity contribution in [3.63, 3.8) is 0 Å². The Morgan fingerprint density at radius 3 is 3.14 bits per heavy atom. The lowest BCUT2D eigenvalue weighted by atomic mass is 9.82. The first-order valence-electron chi connectivity index (χ1n) is 7.46. The number of carbonyl (C=O) groups excluding carboxylic acids is 1. The van der Waals surface area contributed by atoms with Gasteiger partial charge in [-0.3, -0.25) is 0 Å². The summed E-state index contributed by atoms with van der Waals surface area (Å²) in [7, 11) is 1.39. The summed E-state index contributed by atoms with van der Waals surface area (Å²) in [6, 6.07) is 5.89. The van der Waals surface area contributed by atoms with Crippen LogP contribution >= 0.6 is 0 Å². The van der Waals surface area contributed by atoms with Crippen LogP contribution in [-0.4, -0.2) is 37.4 Å². The molecule has 21 heavy (non-hydrogen) atoms. The van der Waals surface area contributed by atoms with Gasteiger partial charge in [-0.1, -0.05) is 0 Å². The summed E-state index contributed by atoms with van der Waals surface area (Å²) >= 11 is 0. The third-order valence-electron chi connectivity index (χ3n) is 4.45. The number of carbonyl (C=O) groups is 1. The van der Waals surface area contributed by atoms with E-state index in [0.717, 1.165) is 37.1 Å². The first kappa shape index (κ1) is 14.4. The third kappa shape index (κ3) is 2.63. The average molecular weight is 291 g/mol. The second kappa shape index (κ2) is 6.03. The lowest BCUT2D eigenvalue weighted by Gasteiger charge is -2.36. The summed E-state index contributed by atoms with van der Waals surface area (Å²) in [5, 5.41) is 12.6. The molecule has 5 nitrogen and oxygen atoms in total. The highest BCUT2D eigenvalue weighted by atomic mass is 16.5. The van der Waals surface area contributed by atoms with E-state index in [4.69, 9.17) is 14.6 Å². The number of hydrogen-bond acceptors (Lipinski definition) is 5. The SMILES string of the molecule is COC(=O)c1ccc2c(c1)[C@H]1OCC[C@H]1C(CCCO)N2. The molecule has 5 heteroatoms. The molecular weight excluding hydrogens is 270 g/mol. The summed E-state index contributed by atoms with van der Waals surface area (Å²) < 4.78 is 10.7. The zero-order valence-corrected chi connectivity index (χ0v) is 12.2. The summed E-state index contributed by atoms with van der Waals surface area (Å²) in [5.74, 6) is 0.0756. The van der Waals surface area contributed by atoms with Crippen LogP contribution in [0.25, 0.3) is 0 Å². The number of ether oxygens (including phenoxy) is 2. The third-order valence-corrected chi connectivity index (χ3v) is 4.45. The van der Waals surface area contributed by atoms with Crippen molar-refractivity contribution in [2.45, 2.75) is 31.4 Å². The Balaban J connectivity index is 1.90. The Hall–Kier alpha value is -1.59. The molecule has 1 fully saturated rings. The van der Waals surface area contributed by atoms with Crippen LogP contribution in [0, 0.1) is 5.92 Å². The minimum Gasteiger partial charge on any atom is -0.465 e. The van der Waals surface area contributed by atoms with Crippen molar-refractivity contribution in [2.75, 3.05) is 25.6 Å². The van der Waals surface area contributed by atoms with Gasteiger partial charge in [0.15, 0.2) is 0 Å². The van der Waals surface area contributed by atoms with E-state index in [1.807, 2.05) is 12.1 Å². The standard InChI is InChI=1S/C16H21NO4/c1-20-16(19)10-4-5-14-12(9-10)15-11(6-8-21-15)13(17-14)3-2-7-18/h4-5,9,11,13,15,17-18H,2-3,6-8H2,1H3/t11-,13?,15-/m0/s1. The van der Waals surface area contributed by atoms with Crippen molar-refractivity contribution in [1.29, 1.82) is 0 Å². The van der Waals surface area contributed by atoms with Gasteiger partial charge in [0.1, 0.15) is 0 Å². The van der Waals surface area contributed by atoms with E-state index in [0.29, 0.717) is 17.5 Å². The maximum atomic E-state index is 11.7. The van der Waals surface area contributed by atoms with Crippen LogP contribution in [0.15, 0.2) is 18.2 Å². The number of anilines is 1. The number of nitrogens with one attached hydrogen (secondary N) is 1. The fraction of sp³-hybridized carbons (Fsp3) is 0.562. The minimum atomic E-state index is -0.324. The van der Waals surface area contributed by atoms with E-state index in [9.17, 15) is 4.79 Å². The molecule has 2 heterocycles. The highest BCUT2D eigenvalue weighted by molar-refractivity contribution is 5.90. The normalized spacial score (nSPS) is 26.7. The lowest BCUT2D eigenvalue weighted by Crippen LogP contribution is -2.36. The van der Waals surface area contributed by atoms with Gasteiger partial charge in [-0.05, 0) is 37.5 Å². The topological polar surface area (TPSA) is 67.8 Å². The lowest BCUT2D eigenvalue weighted by molar-refractivity contribution is 0.0598. The molecule has 1 saturated heterocycles. The quantitative estimate of drug-likeness (QED) is 0.832. The molecule has 114 valence electrons. The number of esters is 1. The van der Waals surface area contributed by atoms with E-state index >= 15 is 0 Å². The molecule has 3 atom stereocenters. The predicted molar refractivity (Wildman–Crippen MR) is 78.3 cm³/mol. The van der Waals surface area contributed by atoms with Gasteiger partial charge in [0.2, 0.25) is 0 Å². The first-order valence-corrected chi connectivity index (χ1v) is 7.46. The molecule has 0 radical (unpaired) electrons. The highest BCUT2D eigenvalue weighted by Crippen LogP contribution is 2.45. The first-order chi connectivity index (χ1) is 10.2. The largest absolute Gasteiger partial charge is 0.465 e. The van der Waals surface area contributed by atoms with Crippen molar-refractivity contribution in [2.24, 2.45) is 5.92 Å². The Bertz CT molecular complexity index is 531. The number of hydrogen-bond donors (Lipinski definition) is 2. The monoisotopic (exact) mass is 291 g/mol. The van der Waals surface area contributed by atoms with E-state index in [1.54, 1.807) is 6.07 Å². The maximum Gasteiger partial charge on any atom is 0.337 e. The molecule has 0 aliphatic carbocycles. The zero-order chi connectivity index (χ0) is 14.8. The van der Waals surface area contributed by atoms with Gasteiger partial charge < -0.3 is 19.9 Å². The second-order valence-electron chi connectivity index (χ2n) is 5.65. The van der Waals surface area contributed by atoms with Crippen LogP contribution in [0.1, 0.15) is 41.3 Å². The Morgan fingerprint density at radius 2 is 2.38 bits per heavy atom. The Morgan fingerprint density at radius 1 is 1.52 bits per heavy atom. The van der Waals surface area contributed by atoms with Crippen LogP contribution in [0.2, 0.25) is 0 Å². The van der Waals surface area contributed by atoms with Gasteiger partial charge in [-0.2, -0.15) is 0 Å². The molecule has 2 aliphatic heterocycles. The molecule has 2 N–H and O–H groups in total. The number of aliphatic hydroxyl groups is 1. The van der Waals surface area contributed by atoms with E-state index in [-0.39, 0.29) is 18.7 Å². The number of rotatable bonds is 4. The molecule has 1 aromatic carbocycles. The predicted octanol–water partition coefficient (Wildman–Crippen LogP) is 2.12. The fourth-order valence-electron chi connectivity index (χ4n) is 3.42. The molecule has 1 unspecified atom stereocenters. The molecule has 0 bridgehead atoms. The van der Waals surface area contributed by atoms with Gasteiger partial charge in [0.05, 0.1) is 18.8 Å². The Labute approximate surface area is 124 Å². The molecule has 1 aromatic rings. The van der Waals surface area contributed by atoms with Crippen LogP contribution < -0.4 is 5.32 Å². The van der Waals surface area contributed by atoms with Crippen LogP contribution in [0.5, 0.6) is 0 Å². The minimum absolute atomic E-state index is 0.0366. The van der Waals surface area contributed by atoms with Gasteiger partial charge in [-0.15, -0.1) is 0 Å². The summed E-state index contributed by atoms with van der Waals surface area (Å²) in [4.78, 5) is 11.7. The smallest absolute Gasteiger partial charge is 0.337 e. The van der Waals surface area contributed by atoms with E-state index in [1.165, 1.54) is 7.11 Å². The summed E-state index contributed by atoms with van der Waals surface area (Å²) in [6.45, 7) is 0.957. The number of benzene rings is 1. The highest BCUT2D eigenvalue weighted by Gasteiger charge is 2.40. The van der Waals surface area contributed by atoms with Gasteiger partial charge in [0, 0.05) is 36.4 Å². The van der Waals surface area contributed by atoms with Crippen molar-refractivity contribution in [1.82, 2.24) is 0 Å². The second-order valence-corrected chi connectivity index (χ2v) is 5.65. The van der Waals surface area contributed by atoms with Crippen molar-refractivity contribution in [3.8, 4) is 0 Å². The van der Waals surface area contributed by atoms with Gasteiger partial charge in [0.25, 0.3) is 0 Å². The summed E-state index contributed by atoms with van der Waals surface area (Å²) in [5.41, 5.74) is 2.62. The molecule has 0 amide bonds. The summed E-state index contributed by atoms with van der Waals surface area (Å²) in [6.07, 6.45) is 2.76. The van der Waals surface area contributed by atoms with E-state index < -0.39 is 0 Å². The van der Waals surface area contributed by atoms with Crippen LogP contribution in [0.4, 0.5) is 5.69 Å². The van der Waals surface area contributed by atoms with Crippen molar-refractivity contribution < 1.29 is 19.4 Å². The van der Waals surface area contributed by atoms with Crippen LogP contribution in [0.3, 0.4) is 0 Å². The number of fused-ring (bicyclic) bond motifs is 3. The van der Waals surface area contributed by atoms with E-state index in [2.05, 4.69) is 5.32 Å². The zero-order valence-electron chi connectivity index (χ0n) is 12.2. The molecule has 0 spiro atoms. The number of methoxy groups -OCH3 is 1. The van der Waals surface area contributed by atoms with Crippen molar-refractivity contribution in [3.05, 3.63) is 29.3 Å². The number of aliphatic hydroxyl groups excluding tert-OH is 1. The fourth-order valence-corrected chi connectivity index (χ4v) is 3.42. The maximum absolute atomic E-state index is 11.7. The van der Waals surface area contributed by atoms with Crippen molar-refractivity contribution >= 4 is 11.7 Å². The molecule has 3 rings (SSSR count). The molecular formula is C16H21NO4. The van der Waals surface area contributed by atoms with Gasteiger partial charge >= 0.3 is 5.97 Å². The average Bonchev–Trinajstić information content (AvgIpc) is 3.01. The molecule has 0 saturated carbocycles. The Kier molecular flexibility index (Phi) is 4.12. The molecule has 2 aliphatic rings. The van der Waals surface area contributed by atoms with Gasteiger partial charge in [-0.25, -0.2) is 4.79 Å².